The standard InChI is InChI=1S/C17H24N2.C9H12.C5H10O.C4H10O.C4H8O.C4H6O.2C4H10.C3H6O/c1-7-16(12(2)3)11-18-15(6)19-17-9-8-13(4)10-14(17)5;1-3-9-6-4-5-8(2)7-9;1-3-4-5-6-2;1-3-4-5-2;2*1-3-4(2)5;2*1-3-4-2;1-3(2)4/h8-11H,2,7H2,1,3-6H3,(H,18,19);4-7H,3H2,1-2H3;3-4H,5H2,1-2H3;3-4H2,1-2H3;3H2,1-2H3;3H,1H2,2H3;2*3-4H2,1-2H3;1-2H3/b16-11-;;4-3+;;;;;;. The van der Waals surface area contributed by atoms with E-state index in [1.165, 1.54) is 80.4 Å². The number of ether oxygens (including phenoxy) is 2. The zero-order valence-electron chi connectivity index (χ0n) is 43.3. The molecule has 0 spiro atoms. The molecule has 2 aromatic rings. The van der Waals surface area contributed by atoms with E-state index in [1.807, 2.05) is 46.0 Å². The van der Waals surface area contributed by atoms with Crippen molar-refractivity contribution in [1.82, 2.24) is 0 Å². The molecule has 7 nitrogen and oxygen atoms in total. The molecule has 0 aliphatic rings. The van der Waals surface area contributed by atoms with Gasteiger partial charge in [0.15, 0.2) is 5.78 Å². The van der Waals surface area contributed by atoms with Crippen LogP contribution in [0.15, 0.2) is 96.2 Å². The number of anilines is 1. The molecule has 0 radical (unpaired) electrons. The Labute approximate surface area is 378 Å². The molecule has 0 unspecified atom stereocenters. The molecule has 61 heavy (non-hydrogen) atoms. The van der Waals surface area contributed by atoms with Crippen molar-refractivity contribution in [2.45, 2.75) is 176 Å². The quantitative estimate of drug-likeness (QED) is 0.0709. The van der Waals surface area contributed by atoms with E-state index < -0.39 is 0 Å². The number of ketones is 3. The predicted octanol–water partition coefficient (Wildman–Crippen LogP) is 15.8. The summed E-state index contributed by atoms with van der Waals surface area (Å²) in [5.74, 6) is 1.33. The number of unbranched alkanes of at least 4 members (excludes halogenated alkanes) is 2. The van der Waals surface area contributed by atoms with Gasteiger partial charge in [-0.2, -0.15) is 0 Å². The van der Waals surface area contributed by atoms with E-state index in [2.05, 4.69) is 135 Å². The van der Waals surface area contributed by atoms with Gasteiger partial charge in [-0.05, 0) is 117 Å². The van der Waals surface area contributed by atoms with Crippen LogP contribution in [0.1, 0.15) is 171 Å². The molecule has 2 rings (SSSR count). The number of benzene rings is 2. The molecule has 0 aliphatic heterocycles. The van der Waals surface area contributed by atoms with Crippen molar-refractivity contribution in [2.75, 3.05) is 32.8 Å². The smallest absolute Gasteiger partial charge is 0.152 e. The molecule has 1 N–H and O–H groups in total. The van der Waals surface area contributed by atoms with Gasteiger partial charge in [-0.15, -0.1) is 0 Å². The van der Waals surface area contributed by atoms with Gasteiger partial charge in [0.2, 0.25) is 0 Å². The van der Waals surface area contributed by atoms with E-state index >= 15 is 0 Å². The molecule has 0 amide bonds. The lowest BCUT2D eigenvalue weighted by molar-refractivity contribution is -0.117. The number of allylic oxidation sites excluding steroid dienone is 4. The van der Waals surface area contributed by atoms with Gasteiger partial charge < -0.3 is 24.4 Å². The Bertz CT molecular complexity index is 1410. The first kappa shape index (κ1) is 71.3. The largest absolute Gasteiger partial charge is 0.385 e. The van der Waals surface area contributed by atoms with Crippen LogP contribution >= 0.6 is 0 Å². The summed E-state index contributed by atoms with van der Waals surface area (Å²) in [6, 6.07) is 15.0. The topological polar surface area (TPSA) is 94.1 Å². The van der Waals surface area contributed by atoms with Gasteiger partial charge in [-0.25, -0.2) is 4.99 Å². The fourth-order valence-electron chi connectivity index (χ4n) is 3.19. The van der Waals surface area contributed by atoms with Gasteiger partial charge in [-0.3, -0.25) is 4.79 Å². The average Bonchev–Trinajstić information content (AvgIpc) is 3.22. The van der Waals surface area contributed by atoms with Gasteiger partial charge >= 0.3 is 0 Å². The average molecular weight is 853 g/mol. The van der Waals surface area contributed by atoms with Crippen LogP contribution in [0.25, 0.3) is 0 Å². The molecule has 0 heterocycles. The lowest BCUT2D eigenvalue weighted by Gasteiger charge is -2.09. The Kier molecular flexibility index (Phi) is 67.7. The second kappa shape index (κ2) is 57.9. The molecule has 2 aromatic carbocycles. The first-order valence-corrected chi connectivity index (χ1v) is 22.2. The van der Waals surface area contributed by atoms with Crippen molar-refractivity contribution in [3.05, 3.63) is 113 Å². The fourth-order valence-corrected chi connectivity index (χ4v) is 3.19. The zero-order valence-corrected chi connectivity index (χ0v) is 43.3. The number of aryl methyl sites for hydroxylation is 4. The molecular formula is C54H96N2O5. The fraction of sp³-hybridized carbons (Fsp3) is 0.556. The summed E-state index contributed by atoms with van der Waals surface area (Å²) in [5.41, 5.74) is 8.65. The molecule has 0 fully saturated rings. The third-order valence-corrected chi connectivity index (χ3v) is 7.22. The maximum Gasteiger partial charge on any atom is 0.152 e. The van der Waals surface area contributed by atoms with Crippen molar-refractivity contribution < 1.29 is 23.9 Å². The summed E-state index contributed by atoms with van der Waals surface area (Å²) >= 11 is 0. The summed E-state index contributed by atoms with van der Waals surface area (Å²) in [5, 5.41) is 3.33. The first-order chi connectivity index (χ1) is 28.7. The molecule has 0 saturated carbocycles. The van der Waals surface area contributed by atoms with Crippen LogP contribution in [0.5, 0.6) is 0 Å². The Morgan fingerprint density at radius 3 is 1.44 bits per heavy atom. The third-order valence-electron chi connectivity index (χ3n) is 7.22. The molecule has 0 aliphatic carbocycles. The number of Topliss-reactive ketones (excluding diaryl/α,β-unsaturated/α-hetero) is 2. The van der Waals surface area contributed by atoms with Gasteiger partial charge in [-0.1, -0.05) is 159 Å². The SMILES string of the molecule is C/C=C/COC.C=C(C)/C(=C\N=C(C)Nc1ccc(C)cc1C)CC.C=CC(C)=O.CC(C)=O.CCC(C)=O.CCCC.CCCC.CCCOC.CCc1cccc(C)c1. The minimum absolute atomic E-state index is 0.0185. The number of hydrogen-bond acceptors (Lipinski definition) is 6. The number of hydrogen-bond donors (Lipinski definition) is 1. The second-order valence-corrected chi connectivity index (χ2v) is 14.1. The van der Waals surface area contributed by atoms with Crippen LogP contribution in [0.3, 0.4) is 0 Å². The zero-order chi connectivity index (χ0) is 49.0. The number of methoxy groups -OCH3 is 2. The molecular weight excluding hydrogens is 757 g/mol. The molecule has 0 aromatic heterocycles. The van der Waals surface area contributed by atoms with Crippen molar-refractivity contribution >= 4 is 28.9 Å². The van der Waals surface area contributed by atoms with Gasteiger partial charge in [0.25, 0.3) is 0 Å². The van der Waals surface area contributed by atoms with Crippen LogP contribution in [-0.2, 0) is 30.3 Å². The van der Waals surface area contributed by atoms with E-state index in [0.29, 0.717) is 6.42 Å². The van der Waals surface area contributed by atoms with Crippen LogP contribution < -0.4 is 5.32 Å². The Morgan fingerprint density at radius 1 is 0.721 bits per heavy atom. The highest BCUT2D eigenvalue weighted by Gasteiger charge is 1.99. The van der Waals surface area contributed by atoms with Gasteiger partial charge in [0.1, 0.15) is 17.4 Å². The number of amidine groups is 1. The summed E-state index contributed by atoms with van der Waals surface area (Å²) in [6.45, 7) is 44.1. The van der Waals surface area contributed by atoms with Crippen LogP contribution in [-0.4, -0.2) is 50.6 Å². The van der Waals surface area contributed by atoms with E-state index in [9.17, 15) is 14.4 Å². The summed E-state index contributed by atoms with van der Waals surface area (Å²) in [4.78, 5) is 33.4. The highest BCUT2D eigenvalue weighted by atomic mass is 16.5. The van der Waals surface area contributed by atoms with E-state index in [1.54, 1.807) is 21.1 Å². The lowest BCUT2D eigenvalue weighted by atomic mass is 10.1. The molecule has 352 valence electrons. The van der Waals surface area contributed by atoms with Crippen LogP contribution in [0.4, 0.5) is 5.69 Å². The Balaban J connectivity index is -0.000000118. The van der Waals surface area contributed by atoms with Crippen molar-refractivity contribution in [3.8, 4) is 0 Å². The Morgan fingerprint density at radius 2 is 1.20 bits per heavy atom. The number of aliphatic imine (C=N–C) groups is 1. The number of carbonyl (C=O) groups is 3. The highest BCUT2D eigenvalue weighted by Crippen LogP contribution is 2.16. The number of nitrogens with zero attached hydrogens (tertiary/aromatic N) is 1. The van der Waals surface area contributed by atoms with Crippen LogP contribution in [0.2, 0.25) is 0 Å². The Hall–Kier alpha value is -4.20. The molecule has 7 heteroatoms. The van der Waals surface area contributed by atoms with E-state index in [0.717, 1.165) is 49.6 Å². The van der Waals surface area contributed by atoms with E-state index in [-0.39, 0.29) is 17.3 Å². The monoisotopic (exact) mass is 853 g/mol. The summed E-state index contributed by atoms with van der Waals surface area (Å²) in [6.07, 6.45) is 16.3. The third kappa shape index (κ3) is 73.7. The maximum atomic E-state index is 9.81. The number of carbonyl (C=O) groups excluding carboxylic acids is 3. The van der Waals surface area contributed by atoms with Crippen molar-refractivity contribution in [1.29, 1.82) is 0 Å². The summed E-state index contributed by atoms with van der Waals surface area (Å²) in [7, 11) is 3.39. The first-order valence-electron chi connectivity index (χ1n) is 22.2. The lowest BCUT2D eigenvalue weighted by Crippen LogP contribution is -2.07. The van der Waals surface area contributed by atoms with Crippen LogP contribution in [0, 0.1) is 20.8 Å². The normalized spacial score (nSPS) is 9.57. The summed E-state index contributed by atoms with van der Waals surface area (Å²) < 4.78 is 9.39. The van der Waals surface area contributed by atoms with E-state index in [4.69, 9.17) is 9.47 Å². The van der Waals surface area contributed by atoms with Gasteiger partial charge in [0, 0.05) is 39.1 Å². The second-order valence-electron chi connectivity index (χ2n) is 14.1. The predicted molar refractivity (Wildman–Crippen MR) is 275 cm³/mol. The minimum atomic E-state index is 0.0185. The number of nitrogens with one attached hydrogen (secondary N) is 1. The maximum absolute atomic E-state index is 9.81. The molecule has 0 atom stereocenters. The minimum Gasteiger partial charge on any atom is -0.385 e. The number of rotatable bonds is 13. The molecule has 0 saturated heterocycles. The van der Waals surface area contributed by atoms with Crippen molar-refractivity contribution in [2.24, 2.45) is 4.99 Å². The molecule has 0 bridgehead atoms. The highest BCUT2D eigenvalue weighted by molar-refractivity contribution is 5.94. The van der Waals surface area contributed by atoms with Gasteiger partial charge in [0.05, 0.1) is 6.61 Å². The van der Waals surface area contributed by atoms with Crippen molar-refractivity contribution in [3.63, 3.8) is 0 Å².